The quantitative estimate of drug-likeness (QED) is 0.815. The zero-order valence-electron chi connectivity index (χ0n) is 9.67. The molecule has 0 saturated heterocycles. The van der Waals surface area contributed by atoms with Gasteiger partial charge >= 0.3 is 0 Å². The molecule has 0 saturated carbocycles. The van der Waals surface area contributed by atoms with Crippen LogP contribution in [-0.2, 0) is 11.2 Å². The molecule has 0 radical (unpaired) electrons. The molecule has 0 aliphatic carbocycles. The van der Waals surface area contributed by atoms with Crippen LogP contribution >= 0.6 is 0 Å². The van der Waals surface area contributed by atoms with Crippen LogP contribution in [0.2, 0.25) is 0 Å². The summed E-state index contributed by atoms with van der Waals surface area (Å²) in [7, 11) is 0. The van der Waals surface area contributed by atoms with E-state index in [4.69, 9.17) is 5.73 Å². The number of nitrogens with two attached hydrogens (primary N) is 1. The summed E-state index contributed by atoms with van der Waals surface area (Å²) in [6, 6.07) is 3.53. The van der Waals surface area contributed by atoms with E-state index in [0.717, 1.165) is 12.1 Å². The van der Waals surface area contributed by atoms with E-state index in [1.165, 1.54) is 6.07 Å². The van der Waals surface area contributed by atoms with Crippen molar-refractivity contribution in [1.82, 2.24) is 5.32 Å². The summed E-state index contributed by atoms with van der Waals surface area (Å²) in [6.45, 7) is 2.74. The van der Waals surface area contributed by atoms with E-state index in [-0.39, 0.29) is 17.9 Å². The lowest BCUT2D eigenvalue weighted by atomic mass is 10.1. The van der Waals surface area contributed by atoms with Crippen molar-refractivity contribution in [3.05, 3.63) is 35.4 Å². The second-order valence-corrected chi connectivity index (χ2v) is 4.02. The molecule has 17 heavy (non-hydrogen) atoms. The maximum absolute atomic E-state index is 13.2. The van der Waals surface area contributed by atoms with Crippen LogP contribution in [0, 0.1) is 17.6 Å². The van der Waals surface area contributed by atoms with E-state index in [2.05, 4.69) is 5.32 Å². The number of nitrogens with one attached hydrogen (secondary N) is 1. The first kappa shape index (κ1) is 13.6. The Hall–Kier alpha value is -1.49. The second kappa shape index (κ2) is 6.30. The Balaban J connectivity index is 2.56. The minimum Gasteiger partial charge on any atom is -0.355 e. The molecule has 0 bridgehead atoms. The van der Waals surface area contributed by atoms with Gasteiger partial charge < -0.3 is 11.1 Å². The van der Waals surface area contributed by atoms with Crippen molar-refractivity contribution in [2.75, 3.05) is 13.1 Å². The van der Waals surface area contributed by atoms with Crippen LogP contribution in [0.3, 0.4) is 0 Å². The molecular weight excluding hydrogens is 226 g/mol. The van der Waals surface area contributed by atoms with E-state index in [9.17, 15) is 13.6 Å². The van der Waals surface area contributed by atoms with Crippen LogP contribution in [-0.4, -0.2) is 19.0 Å². The third-order valence-electron chi connectivity index (χ3n) is 2.45. The fourth-order valence-corrected chi connectivity index (χ4v) is 1.30. The van der Waals surface area contributed by atoms with Crippen molar-refractivity contribution < 1.29 is 13.6 Å². The summed E-state index contributed by atoms with van der Waals surface area (Å²) in [6.07, 6.45) is -0.296. The van der Waals surface area contributed by atoms with E-state index >= 15 is 0 Å². The number of halogens is 2. The Kier molecular flexibility index (Phi) is 5.03. The minimum atomic E-state index is -0.702. The Morgan fingerprint density at radius 2 is 2.00 bits per heavy atom. The van der Waals surface area contributed by atoms with Gasteiger partial charge in [0.25, 0.3) is 0 Å². The van der Waals surface area contributed by atoms with Gasteiger partial charge in [0.05, 0.1) is 6.42 Å². The normalized spacial score (nSPS) is 12.2. The van der Waals surface area contributed by atoms with Gasteiger partial charge in [-0.2, -0.15) is 0 Å². The first-order valence-corrected chi connectivity index (χ1v) is 5.44. The van der Waals surface area contributed by atoms with Crippen LogP contribution in [0.15, 0.2) is 18.2 Å². The van der Waals surface area contributed by atoms with Crippen molar-refractivity contribution in [1.29, 1.82) is 0 Å². The SMILES string of the molecule is CC(CN)CNC(=O)Cc1c(F)cccc1F. The van der Waals surface area contributed by atoms with Gasteiger partial charge in [0.15, 0.2) is 0 Å². The summed E-state index contributed by atoms with van der Waals surface area (Å²) in [5.41, 5.74) is 5.18. The molecule has 1 aromatic rings. The number of benzene rings is 1. The molecule has 0 spiro atoms. The van der Waals surface area contributed by atoms with Crippen molar-refractivity contribution in [3.63, 3.8) is 0 Å². The van der Waals surface area contributed by atoms with Crippen molar-refractivity contribution in [3.8, 4) is 0 Å². The molecule has 0 aromatic heterocycles. The third-order valence-corrected chi connectivity index (χ3v) is 2.45. The second-order valence-electron chi connectivity index (χ2n) is 4.02. The Labute approximate surface area is 99.0 Å². The number of hydrogen-bond acceptors (Lipinski definition) is 2. The molecule has 3 N–H and O–H groups in total. The van der Waals surface area contributed by atoms with Crippen LogP contribution in [0.4, 0.5) is 8.78 Å². The van der Waals surface area contributed by atoms with Gasteiger partial charge in [0.1, 0.15) is 11.6 Å². The summed E-state index contributed by atoms with van der Waals surface area (Å²) in [5.74, 6) is -1.67. The van der Waals surface area contributed by atoms with Gasteiger partial charge in [-0.05, 0) is 24.6 Å². The Bertz CT molecular complexity index is 376. The van der Waals surface area contributed by atoms with Crippen molar-refractivity contribution in [2.45, 2.75) is 13.3 Å². The van der Waals surface area contributed by atoms with Gasteiger partial charge in [-0.25, -0.2) is 8.78 Å². The highest BCUT2D eigenvalue weighted by Gasteiger charge is 2.13. The van der Waals surface area contributed by atoms with Gasteiger partial charge in [-0.1, -0.05) is 13.0 Å². The Morgan fingerprint density at radius 1 is 1.41 bits per heavy atom. The van der Waals surface area contributed by atoms with Crippen LogP contribution in [0.1, 0.15) is 12.5 Å². The largest absolute Gasteiger partial charge is 0.355 e. The molecule has 0 aliphatic heterocycles. The van der Waals surface area contributed by atoms with Crippen LogP contribution < -0.4 is 11.1 Å². The number of rotatable bonds is 5. The van der Waals surface area contributed by atoms with Crippen LogP contribution in [0.5, 0.6) is 0 Å². The maximum atomic E-state index is 13.2. The molecule has 1 unspecified atom stereocenters. The molecular formula is C12H16F2N2O. The molecule has 0 fully saturated rings. The summed E-state index contributed by atoms with van der Waals surface area (Å²) in [5, 5.41) is 2.58. The number of carbonyl (C=O) groups excluding carboxylic acids is 1. The topological polar surface area (TPSA) is 55.1 Å². The van der Waals surface area contributed by atoms with Gasteiger partial charge in [-0.3, -0.25) is 4.79 Å². The number of amides is 1. The zero-order chi connectivity index (χ0) is 12.8. The summed E-state index contributed by atoms with van der Waals surface area (Å²) < 4.78 is 26.5. The molecule has 1 rings (SSSR count). The highest BCUT2D eigenvalue weighted by molar-refractivity contribution is 5.78. The highest BCUT2D eigenvalue weighted by atomic mass is 19.1. The lowest BCUT2D eigenvalue weighted by molar-refractivity contribution is -0.120. The van der Waals surface area contributed by atoms with E-state index in [1.807, 2.05) is 6.92 Å². The van der Waals surface area contributed by atoms with Gasteiger partial charge in [-0.15, -0.1) is 0 Å². The van der Waals surface area contributed by atoms with Gasteiger partial charge in [0.2, 0.25) is 5.91 Å². The predicted octanol–water partition coefficient (Wildman–Crippen LogP) is 1.22. The molecule has 5 heteroatoms. The number of hydrogen-bond donors (Lipinski definition) is 2. The van der Waals surface area contributed by atoms with Crippen molar-refractivity contribution >= 4 is 5.91 Å². The third kappa shape index (κ3) is 4.11. The van der Waals surface area contributed by atoms with E-state index in [0.29, 0.717) is 13.1 Å². The van der Waals surface area contributed by atoms with E-state index in [1.54, 1.807) is 0 Å². The first-order chi connectivity index (χ1) is 8.04. The summed E-state index contributed by atoms with van der Waals surface area (Å²) >= 11 is 0. The van der Waals surface area contributed by atoms with E-state index < -0.39 is 17.5 Å². The smallest absolute Gasteiger partial charge is 0.224 e. The predicted molar refractivity (Wildman–Crippen MR) is 61.3 cm³/mol. The van der Waals surface area contributed by atoms with Gasteiger partial charge in [0, 0.05) is 12.1 Å². The zero-order valence-corrected chi connectivity index (χ0v) is 9.67. The molecule has 94 valence electrons. The standard InChI is InChI=1S/C12H16F2N2O/c1-8(6-15)7-16-12(17)5-9-10(13)3-2-4-11(9)14/h2-4,8H,5-7,15H2,1H3,(H,16,17). The fourth-order valence-electron chi connectivity index (χ4n) is 1.30. The molecule has 0 heterocycles. The first-order valence-electron chi connectivity index (χ1n) is 5.44. The summed E-state index contributed by atoms with van der Waals surface area (Å²) in [4.78, 5) is 11.5. The highest BCUT2D eigenvalue weighted by Crippen LogP contribution is 2.12. The number of carbonyl (C=O) groups is 1. The minimum absolute atomic E-state index is 0.143. The molecule has 3 nitrogen and oxygen atoms in total. The van der Waals surface area contributed by atoms with Crippen LogP contribution in [0.25, 0.3) is 0 Å². The molecule has 0 aliphatic rings. The lowest BCUT2D eigenvalue weighted by Gasteiger charge is -2.10. The molecule has 1 atom stereocenters. The molecule has 1 aromatic carbocycles. The molecule has 1 amide bonds. The Morgan fingerprint density at radius 3 is 2.53 bits per heavy atom. The maximum Gasteiger partial charge on any atom is 0.224 e. The fraction of sp³-hybridized carbons (Fsp3) is 0.417. The average Bonchev–Trinajstić information content (AvgIpc) is 2.31. The monoisotopic (exact) mass is 242 g/mol. The average molecular weight is 242 g/mol. The van der Waals surface area contributed by atoms with Crippen molar-refractivity contribution in [2.24, 2.45) is 11.7 Å². The lowest BCUT2D eigenvalue weighted by Crippen LogP contribution is -2.32.